The van der Waals surface area contributed by atoms with Crippen LogP contribution < -0.4 is 5.56 Å². The van der Waals surface area contributed by atoms with Gasteiger partial charge in [-0.15, -0.1) is 0 Å². The van der Waals surface area contributed by atoms with E-state index in [4.69, 9.17) is 5.11 Å². The van der Waals surface area contributed by atoms with Gasteiger partial charge in [0.25, 0.3) is 5.56 Å². The molecule has 0 aliphatic heterocycles. The number of allylic oxidation sites excluding steroid dienone is 1. The Kier molecular flexibility index (Phi) is 3.44. The largest absolute Gasteiger partial charge is 0.478 e. The molecule has 1 aromatic heterocycles. The van der Waals surface area contributed by atoms with Gasteiger partial charge in [0.2, 0.25) is 0 Å². The van der Waals surface area contributed by atoms with Crippen LogP contribution >= 0.6 is 0 Å². The minimum Gasteiger partial charge on any atom is -0.478 e. The van der Waals surface area contributed by atoms with Crippen molar-refractivity contribution in [3.05, 3.63) is 45.9 Å². The van der Waals surface area contributed by atoms with Crippen molar-refractivity contribution < 1.29 is 9.90 Å². The summed E-state index contributed by atoms with van der Waals surface area (Å²) in [7, 11) is 0. The maximum atomic E-state index is 11.5. The maximum absolute atomic E-state index is 11.5. The lowest BCUT2D eigenvalue weighted by atomic mass is 10.2. The van der Waals surface area contributed by atoms with Crippen LogP contribution in [0.4, 0.5) is 0 Å². The van der Waals surface area contributed by atoms with E-state index in [1.807, 2.05) is 0 Å². The first-order valence-corrected chi connectivity index (χ1v) is 4.58. The van der Waals surface area contributed by atoms with Crippen LogP contribution in [0.5, 0.6) is 0 Å². The summed E-state index contributed by atoms with van der Waals surface area (Å²) in [5.74, 6) is -0.962. The van der Waals surface area contributed by atoms with E-state index in [0.29, 0.717) is 12.1 Å². The van der Waals surface area contributed by atoms with Crippen LogP contribution in [0.2, 0.25) is 0 Å². The van der Waals surface area contributed by atoms with Crippen LogP contribution in [0.15, 0.2) is 34.8 Å². The Labute approximate surface area is 87.5 Å². The molecular weight excluding hydrogens is 194 g/mol. The number of rotatable bonds is 3. The molecule has 4 nitrogen and oxygen atoms in total. The molecule has 0 saturated heterocycles. The molecule has 80 valence electrons. The minimum atomic E-state index is -0.962. The summed E-state index contributed by atoms with van der Waals surface area (Å²) in [6, 6.07) is 3.49. The second kappa shape index (κ2) is 4.59. The highest BCUT2D eigenvalue weighted by Gasteiger charge is 2.00. The second-order valence-electron chi connectivity index (χ2n) is 3.34. The average Bonchev–Trinajstić information content (AvgIpc) is 2.19. The van der Waals surface area contributed by atoms with Crippen molar-refractivity contribution in [3.63, 3.8) is 0 Å². The first-order valence-electron chi connectivity index (χ1n) is 4.58. The molecule has 0 atom stereocenters. The number of aromatic nitrogens is 1. The zero-order valence-corrected chi connectivity index (χ0v) is 8.73. The first kappa shape index (κ1) is 11.2. The van der Waals surface area contributed by atoms with Gasteiger partial charge in [-0.2, -0.15) is 0 Å². The van der Waals surface area contributed by atoms with Crippen molar-refractivity contribution in [2.45, 2.75) is 20.4 Å². The summed E-state index contributed by atoms with van der Waals surface area (Å²) >= 11 is 0. The summed E-state index contributed by atoms with van der Waals surface area (Å²) in [6.07, 6.45) is 3.16. The van der Waals surface area contributed by atoms with Crippen LogP contribution in [0, 0.1) is 6.92 Å². The van der Waals surface area contributed by atoms with Gasteiger partial charge in [-0.05, 0) is 19.9 Å². The van der Waals surface area contributed by atoms with E-state index in [2.05, 4.69) is 0 Å². The van der Waals surface area contributed by atoms with E-state index in [-0.39, 0.29) is 11.1 Å². The lowest BCUT2D eigenvalue weighted by molar-refractivity contribution is -0.132. The number of aliphatic carboxylic acids is 1. The second-order valence-corrected chi connectivity index (χ2v) is 3.34. The molecule has 0 unspecified atom stereocenters. The molecule has 0 radical (unpaired) electrons. The van der Waals surface area contributed by atoms with Crippen molar-refractivity contribution >= 4 is 5.97 Å². The minimum absolute atomic E-state index is 0.0908. The predicted molar refractivity (Wildman–Crippen MR) is 56.8 cm³/mol. The van der Waals surface area contributed by atoms with Crippen molar-refractivity contribution in [1.29, 1.82) is 0 Å². The molecule has 0 aromatic carbocycles. The smallest absolute Gasteiger partial charge is 0.331 e. The third-order valence-electron chi connectivity index (χ3n) is 2.14. The first-order chi connectivity index (χ1) is 7.02. The fourth-order valence-corrected chi connectivity index (χ4v) is 1.12. The van der Waals surface area contributed by atoms with Gasteiger partial charge in [-0.3, -0.25) is 4.79 Å². The Morgan fingerprint density at radius 1 is 1.60 bits per heavy atom. The van der Waals surface area contributed by atoms with Gasteiger partial charge in [0.05, 0.1) is 0 Å². The highest BCUT2D eigenvalue weighted by Crippen LogP contribution is 1.95. The van der Waals surface area contributed by atoms with E-state index in [1.165, 1.54) is 17.6 Å². The molecule has 1 aromatic rings. The van der Waals surface area contributed by atoms with Crippen molar-refractivity contribution in [3.8, 4) is 0 Å². The summed E-state index contributed by atoms with van der Waals surface area (Å²) in [4.78, 5) is 22.1. The number of hydrogen-bond acceptors (Lipinski definition) is 2. The molecule has 1 N–H and O–H groups in total. The SMILES string of the molecule is CC(=CCn1cccc(C)c1=O)C(=O)O. The fraction of sp³-hybridized carbons (Fsp3) is 0.273. The zero-order chi connectivity index (χ0) is 11.4. The lowest BCUT2D eigenvalue weighted by Gasteiger charge is -2.02. The Balaban J connectivity index is 2.92. The normalized spacial score (nSPS) is 11.5. The molecule has 0 spiro atoms. The van der Waals surface area contributed by atoms with Gasteiger partial charge < -0.3 is 9.67 Å². The molecule has 0 fully saturated rings. The molecule has 0 aliphatic carbocycles. The molecule has 0 aliphatic rings. The van der Waals surface area contributed by atoms with Crippen LogP contribution in [0.1, 0.15) is 12.5 Å². The number of nitrogens with zero attached hydrogens (tertiary/aromatic N) is 1. The summed E-state index contributed by atoms with van der Waals surface area (Å²) < 4.78 is 1.47. The van der Waals surface area contributed by atoms with Gasteiger partial charge in [0, 0.05) is 23.9 Å². The molecule has 4 heteroatoms. The van der Waals surface area contributed by atoms with Crippen LogP contribution in [-0.2, 0) is 11.3 Å². The third-order valence-corrected chi connectivity index (χ3v) is 2.14. The lowest BCUT2D eigenvalue weighted by Crippen LogP contribution is -2.20. The Morgan fingerprint density at radius 3 is 2.87 bits per heavy atom. The number of aryl methyl sites for hydroxylation is 1. The summed E-state index contributed by atoms with van der Waals surface area (Å²) in [6.45, 7) is 3.52. The van der Waals surface area contributed by atoms with Crippen LogP contribution in [0.25, 0.3) is 0 Å². The summed E-state index contributed by atoms with van der Waals surface area (Å²) in [5, 5.41) is 8.63. The van der Waals surface area contributed by atoms with E-state index in [9.17, 15) is 9.59 Å². The average molecular weight is 207 g/mol. The number of carbonyl (C=O) groups is 1. The number of pyridine rings is 1. The van der Waals surface area contributed by atoms with E-state index >= 15 is 0 Å². The Morgan fingerprint density at radius 2 is 2.27 bits per heavy atom. The number of carboxylic acids is 1. The van der Waals surface area contributed by atoms with Crippen LogP contribution in [-0.4, -0.2) is 15.6 Å². The fourth-order valence-electron chi connectivity index (χ4n) is 1.12. The monoisotopic (exact) mass is 207 g/mol. The van der Waals surface area contributed by atoms with Gasteiger partial charge in [0.15, 0.2) is 0 Å². The number of hydrogen-bond donors (Lipinski definition) is 1. The molecule has 1 heterocycles. The standard InChI is InChI=1S/C11H13NO3/c1-8-4-3-6-12(10(8)13)7-5-9(2)11(14)15/h3-6H,7H2,1-2H3,(H,14,15). The highest BCUT2D eigenvalue weighted by molar-refractivity contribution is 5.85. The molecule has 0 saturated carbocycles. The van der Waals surface area contributed by atoms with E-state index in [0.717, 1.165) is 0 Å². The topological polar surface area (TPSA) is 59.3 Å². The summed E-state index contributed by atoms with van der Waals surface area (Å²) in [5.41, 5.74) is 0.800. The van der Waals surface area contributed by atoms with E-state index < -0.39 is 5.97 Å². The van der Waals surface area contributed by atoms with Crippen molar-refractivity contribution in [2.75, 3.05) is 0 Å². The Hall–Kier alpha value is -1.84. The van der Waals surface area contributed by atoms with Gasteiger partial charge in [-0.25, -0.2) is 4.79 Å². The third kappa shape index (κ3) is 2.80. The predicted octanol–water partition coefficient (Wildman–Crippen LogP) is 1.19. The number of carboxylic acid groups (broad SMARTS) is 1. The molecule has 15 heavy (non-hydrogen) atoms. The van der Waals surface area contributed by atoms with Crippen molar-refractivity contribution in [1.82, 2.24) is 4.57 Å². The highest BCUT2D eigenvalue weighted by atomic mass is 16.4. The van der Waals surface area contributed by atoms with E-state index in [1.54, 1.807) is 25.3 Å². The van der Waals surface area contributed by atoms with Gasteiger partial charge in [0.1, 0.15) is 0 Å². The van der Waals surface area contributed by atoms with Gasteiger partial charge in [-0.1, -0.05) is 12.1 Å². The maximum Gasteiger partial charge on any atom is 0.331 e. The van der Waals surface area contributed by atoms with Crippen molar-refractivity contribution in [2.24, 2.45) is 0 Å². The van der Waals surface area contributed by atoms with Gasteiger partial charge >= 0.3 is 5.97 Å². The molecule has 0 amide bonds. The molecule has 1 rings (SSSR count). The van der Waals surface area contributed by atoms with Crippen LogP contribution in [0.3, 0.4) is 0 Å². The molecular formula is C11H13NO3. The molecule has 0 bridgehead atoms. The quantitative estimate of drug-likeness (QED) is 0.757. The zero-order valence-electron chi connectivity index (χ0n) is 8.73. The Bertz CT molecular complexity index is 457.